The van der Waals surface area contributed by atoms with Crippen molar-refractivity contribution in [3.05, 3.63) is 23.9 Å². The first-order valence-electron chi connectivity index (χ1n) is 6.23. The molecule has 1 aromatic heterocycles. The van der Waals surface area contributed by atoms with Crippen LogP contribution in [0, 0.1) is 11.8 Å². The third kappa shape index (κ3) is 2.96. The average molecular weight is 235 g/mol. The molecule has 0 saturated carbocycles. The van der Waals surface area contributed by atoms with Gasteiger partial charge in [0.25, 0.3) is 0 Å². The van der Waals surface area contributed by atoms with E-state index in [0.29, 0.717) is 24.3 Å². The number of pyridine rings is 1. The summed E-state index contributed by atoms with van der Waals surface area (Å²) in [6.45, 7) is 6.99. The zero-order valence-corrected chi connectivity index (χ0v) is 10.5. The van der Waals surface area contributed by atoms with Gasteiger partial charge in [-0.25, -0.2) is 4.98 Å². The van der Waals surface area contributed by atoms with E-state index in [1.54, 1.807) is 6.20 Å². The average Bonchev–Trinajstić information content (AvgIpc) is 2.26. The van der Waals surface area contributed by atoms with Gasteiger partial charge in [-0.3, -0.25) is 0 Å². The first kappa shape index (κ1) is 12.3. The van der Waals surface area contributed by atoms with Gasteiger partial charge in [0.2, 0.25) is 5.88 Å². The highest BCUT2D eigenvalue weighted by Gasteiger charge is 2.31. The van der Waals surface area contributed by atoms with Crippen LogP contribution in [-0.2, 0) is 6.54 Å². The first-order chi connectivity index (χ1) is 8.20. The Morgan fingerprint density at radius 1 is 1.53 bits per heavy atom. The third-order valence-corrected chi connectivity index (χ3v) is 3.23. The quantitative estimate of drug-likeness (QED) is 0.804. The van der Waals surface area contributed by atoms with Gasteiger partial charge in [-0.2, -0.15) is 0 Å². The van der Waals surface area contributed by atoms with Crippen LogP contribution in [0.25, 0.3) is 0 Å². The van der Waals surface area contributed by atoms with Crippen LogP contribution < -0.4 is 15.8 Å². The summed E-state index contributed by atoms with van der Waals surface area (Å²) in [7, 11) is 0. The van der Waals surface area contributed by atoms with Crippen LogP contribution >= 0.6 is 0 Å². The van der Waals surface area contributed by atoms with Crippen LogP contribution in [0.5, 0.6) is 5.88 Å². The molecule has 1 atom stereocenters. The van der Waals surface area contributed by atoms with Crippen LogP contribution in [0.3, 0.4) is 0 Å². The molecule has 1 aliphatic heterocycles. The van der Waals surface area contributed by atoms with Gasteiger partial charge in [0.05, 0.1) is 0 Å². The molecule has 17 heavy (non-hydrogen) atoms. The fourth-order valence-corrected chi connectivity index (χ4v) is 2.10. The normalized spacial score (nSPS) is 17.9. The molecule has 4 heteroatoms. The Morgan fingerprint density at radius 3 is 2.82 bits per heavy atom. The van der Waals surface area contributed by atoms with Crippen molar-refractivity contribution >= 4 is 0 Å². The predicted molar refractivity (Wildman–Crippen MR) is 67.7 cm³/mol. The molecule has 94 valence electrons. The Bertz CT molecular complexity index is 363. The summed E-state index contributed by atoms with van der Waals surface area (Å²) in [4.78, 5) is 4.25. The lowest BCUT2D eigenvalue weighted by molar-refractivity contribution is 0.0571. The molecule has 0 bridgehead atoms. The molecule has 1 saturated heterocycles. The van der Waals surface area contributed by atoms with Gasteiger partial charge in [-0.1, -0.05) is 13.8 Å². The van der Waals surface area contributed by atoms with Crippen LogP contribution in [0.15, 0.2) is 18.3 Å². The molecule has 2 heterocycles. The van der Waals surface area contributed by atoms with Crippen LogP contribution in [0.4, 0.5) is 0 Å². The van der Waals surface area contributed by atoms with E-state index in [1.165, 1.54) is 0 Å². The maximum Gasteiger partial charge on any atom is 0.213 e. The summed E-state index contributed by atoms with van der Waals surface area (Å²) in [5.41, 5.74) is 6.67. The zero-order valence-electron chi connectivity index (χ0n) is 10.5. The fourth-order valence-electron chi connectivity index (χ4n) is 2.10. The molecule has 4 nitrogen and oxygen atoms in total. The lowest BCUT2D eigenvalue weighted by Gasteiger charge is -2.36. The summed E-state index contributed by atoms with van der Waals surface area (Å²) in [6, 6.07) is 3.85. The highest BCUT2D eigenvalue weighted by molar-refractivity contribution is 5.20. The molecule has 0 radical (unpaired) electrons. The van der Waals surface area contributed by atoms with Gasteiger partial charge in [0.15, 0.2) is 0 Å². The maximum absolute atomic E-state index is 6.02. The molecule has 1 fully saturated rings. The van der Waals surface area contributed by atoms with Gasteiger partial charge in [-0.15, -0.1) is 0 Å². The summed E-state index contributed by atoms with van der Waals surface area (Å²) in [5, 5.41) is 3.28. The summed E-state index contributed by atoms with van der Waals surface area (Å²) in [5.74, 6) is 1.78. The zero-order chi connectivity index (χ0) is 12.3. The van der Waals surface area contributed by atoms with Crippen molar-refractivity contribution in [3.8, 4) is 5.88 Å². The minimum Gasteiger partial charge on any atom is -0.474 e. The number of ether oxygens (including phenoxy) is 1. The van der Waals surface area contributed by atoms with E-state index in [4.69, 9.17) is 10.5 Å². The van der Waals surface area contributed by atoms with E-state index in [9.17, 15) is 0 Å². The van der Waals surface area contributed by atoms with E-state index < -0.39 is 0 Å². The highest BCUT2D eigenvalue weighted by atomic mass is 16.5. The molecule has 0 amide bonds. The molecule has 1 aliphatic rings. The van der Waals surface area contributed by atoms with Crippen molar-refractivity contribution in [1.82, 2.24) is 10.3 Å². The van der Waals surface area contributed by atoms with E-state index >= 15 is 0 Å². The number of nitrogens with one attached hydrogen (secondary N) is 1. The van der Waals surface area contributed by atoms with Gasteiger partial charge < -0.3 is 15.8 Å². The highest BCUT2D eigenvalue weighted by Crippen LogP contribution is 2.22. The first-order valence-corrected chi connectivity index (χ1v) is 6.23. The number of hydrogen-bond donors (Lipinski definition) is 2. The molecular weight excluding hydrogens is 214 g/mol. The molecular formula is C13H21N3O. The molecule has 3 N–H and O–H groups in total. The van der Waals surface area contributed by atoms with Crippen molar-refractivity contribution in [2.75, 3.05) is 13.1 Å². The van der Waals surface area contributed by atoms with Crippen LogP contribution in [-0.4, -0.2) is 24.2 Å². The molecule has 0 aromatic carbocycles. The SMILES string of the molecule is CC(C)C(Oc1cc(CN)ccn1)C1CNC1. The van der Waals surface area contributed by atoms with Gasteiger partial charge in [0.1, 0.15) is 6.10 Å². The number of hydrogen-bond acceptors (Lipinski definition) is 4. The second kappa shape index (κ2) is 5.47. The van der Waals surface area contributed by atoms with E-state index in [0.717, 1.165) is 18.7 Å². The second-order valence-corrected chi connectivity index (χ2v) is 4.95. The predicted octanol–water partition coefficient (Wildman–Crippen LogP) is 1.16. The van der Waals surface area contributed by atoms with Gasteiger partial charge in [-0.05, 0) is 17.5 Å². The Kier molecular flexibility index (Phi) is 3.97. The summed E-state index contributed by atoms with van der Waals surface area (Å²) < 4.78 is 6.02. The largest absolute Gasteiger partial charge is 0.474 e. The number of aromatic nitrogens is 1. The number of rotatable bonds is 5. The third-order valence-electron chi connectivity index (χ3n) is 3.23. The van der Waals surface area contributed by atoms with Crippen LogP contribution in [0.1, 0.15) is 19.4 Å². The second-order valence-electron chi connectivity index (χ2n) is 4.95. The molecule has 1 aromatic rings. The minimum atomic E-state index is 0.233. The summed E-state index contributed by atoms with van der Waals surface area (Å²) >= 11 is 0. The number of nitrogens with zero attached hydrogens (tertiary/aromatic N) is 1. The maximum atomic E-state index is 6.02. The lowest BCUT2D eigenvalue weighted by Crippen LogP contribution is -2.52. The Hall–Kier alpha value is -1.13. The fraction of sp³-hybridized carbons (Fsp3) is 0.615. The van der Waals surface area contributed by atoms with E-state index in [1.807, 2.05) is 12.1 Å². The van der Waals surface area contributed by atoms with Gasteiger partial charge >= 0.3 is 0 Å². The monoisotopic (exact) mass is 235 g/mol. The van der Waals surface area contributed by atoms with E-state index in [-0.39, 0.29) is 6.10 Å². The molecule has 1 unspecified atom stereocenters. The van der Waals surface area contributed by atoms with Gasteiger partial charge in [0, 0.05) is 37.8 Å². The molecule has 0 spiro atoms. The van der Waals surface area contributed by atoms with Crippen molar-refractivity contribution in [2.24, 2.45) is 17.6 Å². The Labute approximate surface area is 103 Å². The summed E-state index contributed by atoms with van der Waals surface area (Å²) in [6.07, 6.45) is 1.99. The van der Waals surface area contributed by atoms with Crippen molar-refractivity contribution in [1.29, 1.82) is 0 Å². The Morgan fingerprint density at radius 2 is 2.29 bits per heavy atom. The molecule has 2 rings (SSSR count). The topological polar surface area (TPSA) is 60.2 Å². The van der Waals surface area contributed by atoms with Crippen molar-refractivity contribution in [2.45, 2.75) is 26.5 Å². The molecule has 0 aliphatic carbocycles. The Balaban J connectivity index is 2.05. The van der Waals surface area contributed by atoms with Crippen molar-refractivity contribution < 1.29 is 4.74 Å². The van der Waals surface area contributed by atoms with Crippen molar-refractivity contribution in [3.63, 3.8) is 0 Å². The van der Waals surface area contributed by atoms with Crippen LogP contribution in [0.2, 0.25) is 0 Å². The number of nitrogens with two attached hydrogens (primary N) is 1. The van der Waals surface area contributed by atoms with E-state index in [2.05, 4.69) is 24.1 Å². The smallest absolute Gasteiger partial charge is 0.213 e. The minimum absolute atomic E-state index is 0.233. The standard InChI is InChI=1S/C13H21N3O/c1-9(2)13(11-7-15-8-11)17-12-5-10(6-14)3-4-16-12/h3-5,9,11,13,15H,6-8,14H2,1-2H3. The lowest BCUT2D eigenvalue weighted by atomic mass is 9.89.